The van der Waals surface area contributed by atoms with Gasteiger partial charge in [0.2, 0.25) is 0 Å². The van der Waals surface area contributed by atoms with Crippen LogP contribution >= 0.6 is 11.3 Å². The number of hydrogen-bond acceptors (Lipinski definition) is 9. The molecule has 0 aliphatic heterocycles. The molecule has 0 aliphatic rings. The minimum Gasteiger partial charge on any atom is -0.461 e. The number of hydrogen-bond donors (Lipinski definition) is 1. The number of ether oxygens (including phenoxy) is 3. The van der Waals surface area contributed by atoms with E-state index in [4.69, 9.17) is 19.2 Å². The van der Waals surface area contributed by atoms with Gasteiger partial charge in [0.1, 0.15) is 22.9 Å². The number of carbonyl (C=O) groups excluding carboxylic acids is 4. The van der Waals surface area contributed by atoms with Crippen LogP contribution in [-0.2, 0) is 30.2 Å². The fourth-order valence-electron chi connectivity index (χ4n) is 6.55. The summed E-state index contributed by atoms with van der Waals surface area (Å²) in [6, 6.07) is 8.97. The third kappa shape index (κ3) is 15.9. The highest BCUT2D eigenvalue weighted by molar-refractivity contribution is 7.09. The van der Waals surface area contributed by atoms with Crippen LogP contribution in [0, 0.1) is 22.7 Å². The lowest BCUT2D eigenvalue weighted by Gasteiger charge is -2.35. The van der Waals surface area contributed by atoms with E-state index < -0.39 is 35.7 Å². The summed E-state index contributed by atoms with van der Waals surface area (Å²) in [5, 5.41) is 5.19. The standard InChI is InChI=1S/C41H63N3O7S/c1-14-20-49-37(47)28(4)21-30(22-29-18-16-15-17-19-29)42-35(46)31-25-52-36(43-31)33(50-34(45)24-41(11,12)26-39(5,6)7)23-32(27(2)3)44(13)38(48)51-40(8,9)10/h14-19,25,27-28,30,32-33H,1,20-24,26H2,2-13H3,(H,42,46)/t28-,30+,32+,33+/m0/s1. The highest BCUT2D eigenvalue weighted by Gasteiger charge is 2.35. The third-order valence-corrected chi connectivity index (χ3v) is 9.32. The van der Waals surface area contributed by atoms with E-state index >= 15 is 0 Å². The van der Waals surface area contributed by atoms with E-state index in [1.54, 1.807) is 24.3 Å². The predicted molar refractivity (Wildman–Crippen MR) is 207 cm³/mol. The zero-order valence-corrected chi connectivity index (χ0v) is 34.4. The van der Waals surface area contributed by atoms with Crippen molar-refractivity contribution in [3.05, 3.63) is 64.6 Å². The molecule has 0 saturated heterocycles. The van der Waals surface area contributed by atoms with Gasteiger partial charge in [-0.2, -0.15) is 0 Å². The number of esters is 2. The maximum absolute atomic E-state index is 13.7. The summed E-state index contributed by atoms with van der Waals surface area (Å²) >= 11 is 1.23. The number of nitrogens with one attached hydrogen (secondary N) is 1. The first-order valence-electron chi connectivity index (χ1n) is 18.2. The number of thiazole rings is 1. The molecular formula is C41H63N3O7S. The fourth-order valence-corrected chi connectivity index (χ4v) is 7.39. The molecule has 0 radical (unpaired) electrons. The van der Waals surface area contributed by atoms with Crippen molar-refractivity contribution in [2.24, 2.45) is 22.7 Å². The van der Waals surface area contributed by atoms with Crippen molar-refractivity contribution in [2.45, 2.75) is 132 Å². The van der Waals surface area contributed by atoms with E-state index in [-0.39, 0.29) is 59.9 Å². The summed E-state index contributed by atoms with van der Waals surface area (Å²) in [4.78, 5) is 59.3. The summed E-state index contributed by atoms with van der Waals surface area (Å²) < 4.78 is 17.1. The zero-order valence-electron chi connectivity index (χ0n) is 33.5. The first-order chi connectivity index (χ1) is 24.0. The molecule has 0 aliphatic carbocycles. The maximum Gasteiger partial charge on any atom is 0.410 e. The van der Waals surface area contributed by atoms with Crippen LogP contribution in [0.2, 0.25) is 0 Å². The molecule has 52 heavy (non-hydrogen) atoms. The average Bonchev–Trinajstić information content (AvgIpc) is 3.50. The lowest BCUT2D eigenvalue weighted by molar-refractivity contribution is -0.153. The fraction of sp³-hybridized carbons (Fsp3) is 0.634. The molecule has 290 valence electrons. The molecule has 0 unspecified atom stereocenters. The molecule has 0 spiro atoms. The van der Waals surface area contributed by atoms with Gasteiger partial charge in [-0.25, -0.2) is 9.78 Å². The number of carbonyl (C=O) groups is 4. The molecule has 0 fully saturated rings. The lowest BCUT2D eigenvalue weighted by atomic mass is 9.74. The van der Waals surface area contributed by atoms with Gasteiger partial charge in [-0.15, -0.1) is 11.3 Å². The average molecular weight is 742 g/mol. The molecule has 11 heteroatoms. The van der Waals surface area contributed by atoms with Crippen molar-refractivity contribution >= 4 is 35.3 Å². The van der Waals surface area contributed by atoms with E-state index in [0.717, 1.165) is 12.0 Å². The second-order valence-corrected chi connectivity index (χ2v) is 18.1. The smallest absolute Gasteiger partial charge is 0.410 e. The third-order valence-electron chi connectivity index (χ3n) is 8.38. The van der Waals surface area contributed by atoms with Crippen molar-refractivity contribution in [1.29, 1.82) is 0 Å². The first-order valence-corrected chi connectivity index (χ1v) is 19.1. The number of rotatable bonds is 18. The maximum atomic E-state index is 13.7. The molecule has 0 bridgehead atoms. The first kappa shape index (κ1) is 44.4. The Bertz CT molecular complexity index is 1470. The summed E-state index contributed by atoms with van der Waals surface area (Å²) in [5.74, 6) is -1.63. The Morgan fingerprint density at radius 2 is 1.62 bits per heavy atom. The molecular weight excluding hydrogens is 679 g/mol. The summed E-state index contributed by atoms with van der Waals surface area (Å²) in [5.41, 5.74) is 0.199. The molecule has 1 heterocycles. The van der Waals surface area contributed by atoms with E-state index in [2.05, 4.69) is 46.5 Å². The van der Waals surface area contributed by atoms with Crippen LogP contribution in [0.25, 0.3) is 0 Å². The van der Waals surface area contributed by atoms with Gasteiger partial charge in [0, 0.05) is 30.9 Å². The molecule has 10 nitrogen and oxygen atoms in total. The molecule has 2 rings (SSSR count). The van der Waals surface area contributed by atoms with Gasteiger partial charge >= 0.3 is 18.0 Å². The number of amides is 2. The monoisotopic (exact) mass is 741 g/mol. The Balaban J connectivity index is 2.41. The van der Waals surface area contributed by atoms with Gasteiger partial charge < -0.3 is 24.4 Å². The Morgan fingerprint density at radius 1 is 0.981 bits per heavy atom. The van der Waals surface area contributed by atoms with Crippen LogP contribution < -0.4 is 5.32 Å². The molecule has 1 aromatic carbocycles. The van der Waals surface area contributed by atoms with Crippen LogP contribution in [-0.4, -0.2) is 65.2 Å². The van der Waals surface area contributed by atoms with E-state index in [1.807, 2.05) is 65.0 Å². The van der Waals surface area contributed by atoms with E-state index in [0.29, 0.717) is 17.8 Å². The van der Waals surface area contributed by atoms with Crippen LogP contribution in [0.1, 0.15) is 129 Å². The topological polar surface area (TPSA) is 124 Å². The van der Waals surface area contributed by atoms with Crippen molar-refractivity contribution in [3.63, 3.8) is 0 Å². The molecule has 2 aromatic rings. The van der Waals surface area contributed by atoms with Crippen LogP contribution in [0.3, 0.4) is 0 Å². The van der Waals surface area contributed by atoms with Crippen LogP contribution in [0.15, 0.2) is 48.4 Å². The van der Waals surface area contributed by atoms with Crippen molar-refractivity contribution in [2.75, 3.05) is 13.7 Å². The van der Waals surface area contributed by atoms with E-state index in [1.165, 1.54) is 17.4 Å². The molecule has 1 aromatic heterocycles. The Kier molecular flexibility index (Phi) is 16.6. The quantitative estimate of drug-likeness (QED) is 0.0913. The Morgan fingerprint density at radius 3 is 2.17 bits per heavy atom. The van der Waals surface area contributed by atoms with Gasteiger partial charge in [-0.3, -0.25) is 14.4 Å². The predicted octanol–water partition coefficient (Wildman–Crippen LogP) is 8.96. The highest BCUT2D eigenvalue weighted by Crippen LogP contribution is 2.38. The highest BCUT2D eigenvalue weighted by atomic mass is 32.1. The van der Waals surface area contributed by atoms with Crippen LogP contribution in [0.5, 0.6) is 0 Å². The molecule has 1 N–H and O–H groups in total. The largest absolute Gasteiger partial charge is 0.461 e. The van der Waals surface area contributed by atoms with Crippen molar-refractivity contribution in [3.8, 4) is 0 Å². The minimum atomic E-state index is -0.818. The Hall–Kier alpha value is -3.73. The number of aromatic nitrogens is 1. The second kappa shape index (κ2) is 19.4. The zero-order chi connectivity index (χ0) is 39.4. The van der Waals surface area contributed by atoms with Gasteiger partial charge in [0.05, 0.1) is 12.3 Å². The molecule has 4 atom stereocenters. The summed E-state index contributed by atoms with van der Waals surface area (Å²) in [6.45, 7) is 25.5. The Labute approximate surface area is 316 Å². The van der Waals surface area contributed by atoms with Gasteiger partial charge in [0.25, 0.3) is 5.91 Å². The van der Waals surface area contributed by atoms with Crippen LogP contribution in [0.4, 0.5) is 4.79 Å². The minimum absolute atomic E-state index is 0.0156. The van der Waals surface area contributed by atoms with Crippen molar-refractivity contribution in [1.82, 2.24) is 15.2 Å². The van der Waals surface area contributed by atoms with Gasteiger partial charge in [-0.1, -0.05) is 98.4 Å². The van der Waals surface area contributed by atoms with E-state index in [9.17, 15) is 19.2 Å². The normalized spacial score (nSPS) is 14.5. The van der Waals surface area contributed by atoms with Crippen molar-refractivity contribution < 1.29 is 33.4 Å². The summed E-state index contributed by atoms with van der Waals surface area (Å²) in [6.07, 6.45) is 2.34. The molecule has 0 saturated carbocycles. The van der Waals surface area contributed by atoms with Gasteiger partial charge in [-0.05, 0) is 62.3 Å². The number of benzene rings is 1. The lowest BCUT2D eigenvalue weighted by Crippen LogP contribution is -2.44. The van der Waals surface area contributed by atoms with Gasteiger partial charge in [0.15, 0.2) is 6.10 Å². The number of nitrogens with zero attached hydrogens (tertiary/aromatic N) is 2. The second-order valence-electron chi connectivity index (χ2n) is 17.2. The SMILES string of the molecule is C=CCOC(=O)[C@@H](C)C[C@H](Cc1ccccc1)NC(=O)c1csc([C@@H](C[C@H](C(C)C)N(C)C(=O)OC(C)(C)C)OC(=O)CC(C)(C)CC(C)(C)C)n1. The summed E-state index contributed by atoms with van der Waals surface area (Å²) in [7, 11) is 1.69. The molecule has 2 amide bonds.